The zero-order valence-electron chi connectivity index (χ0n) is 13.5. The average molecular weight is 328 g/mol. The Morgan fingerprint density at radius 1 is 1.32 bits per heavy atom. The molecule has 6 nitrogen and oxygen atoms in total. The van der Waals surface area contributed by atoms with Crippen molar-refractivity contribution in [3.05, 3.63) is 29.3 Å². The van der Waals surface area contributed by atoms with Crippen molar-refractivity contribution < 1.29 is 17.9 Å². The lowest BCUT2D eigenvalue weighted by Gasteiger charge is -2.31. The number of carbonyl (C=O) groups is 1. The van der Waals surface area contributed by atoms with Crippen molar-refractivity contribution in [2.75, 3.05) is 13.7 Å². The van der Waals surface area contributed by atoms with Gasteiger partial charge in [0.1, 0.15) is 0 Å². The van der Waals surface area contributed by atoms with Gasteiger partial charge in [-0.2, -0.15) is 0 Å². The van der Waals surface area contributed by atoms with Gasteiger partial charge in [-0.1, -0.05) is 13.8 Å². The first-order valence-electron chi connectivity index (χ1n) is 7.18. The van der Waals surface area contributed by atoms with Crippen LogP contribution in [0.5, 0.6) is 0 Å². The lowest BCUT2D eigenvalue weighted by molar-refractivity contribution is 0.0600. The van der Waals surface area contributed by atoms with E-state index in [9.17, 15) is 13.2 Å². The average Bonchev–Trinajstić information content (AvgIpc) is 2.51. The number of aryl methyl sites for hydroxylation is 1. The van der Waals surface area contributed by atoms with Crippen LogP contribution in [0.1, 0.15) is 42.6 Å². The van der Waals surface area contributed by atoms with Crippen LogP contribution in [0.4, 0.5) is 0 Å². The molecule has 0 radical (unpaired) electrons. The fourth-order valence-electron chi connectivity index (χ4n) is 2.21. The standard InChI is InChI=1S/C15H24N2O4S/c1-5-15(6-2,10-16)17-22(19,20)12-7-8-13(11(3)9-12)14(18)21-4/h7-9,17H,5-6,10,16H2,1-4H3. The van der Waals surface area contributed by atoms with Gasteiger partial charge in [-0.05, 0) is 43.5 Å². The third kappa shape index (κ3) is 3.85. The van der Waals surface area contributed by atoms with E-state index >= 15 is 0 Å². The lowest BCUT2D eigenvalue weighted by atomic mass is 9.95. The number of hydrogen-bond donors (Lipinski definition) is 2. The molecule has 0 unspecified atom stereocenters. The second-order valence-corrected chi connectivity index (χ2v) is 6.95. The molecule has 0 aliphatic heterocycles. The number of rotatable bonds is 7. The quantitative estimate of drug-likeness (QED) is 0.740. The van der Waals surface area contributed by atoms with Crippen molar-refractivity contribution >= 4 is 16.0 Å². The van der Waals surface area contributed by atoms with Gasteiger partial charge in [0.25, 0.3) is 0 Å². The van der Waals surface area contributed by atoms with Gasteiger partial charge >= 0.3 is 5.97 Å². The zero-order valence-corrected chi connectivity index (χ0v) is 14.3. The minimum atomic E-state index is -3.71. The normalized spacial score (nSPS) is 12.2. The maximum Gasteiger partial charge on any atom is 0.338 e. The number of nitrogens with two attached hydrogens (primary N) is 1. The monoisotopic (exact) mass is 328 g/mol. The lowest BCUT2D eigenvalue weighted by Crippen LogP contribution is -2.52. The molecule has 7 heteroatoms. The van der Waals surface area contributed by atoms with Crippen LogP contribution in [-0.4, -0.2) is 33.6 Å². The Hall–Kier alpha value is -1.44. The molecule has 22 heavy (non-hydrogen) atoms. The summed E-state index contributed by atoms with van der Waals surface area (Å²) in [7, 11) is -2.42. The summed E-state index contributed by atoms with van der Waals surface area (Å²) < 4.78 is 32.4. The fraction of sp³-hybridized carbons (Fsp3) is 0.533. The highest BCUT2D eigenvalue weighted by molar-refractivity contribution is 7.89. The molecular weight excluding hydrogens is 304 g/mol. The van der Waals surface area contributed by atoms with Crippen LogP contribution < -0.4 is 10.5 Å². The summed E-state index contributed by atoms with van der Waals surface area (Å²) in [6, 6.07) is 4.31. The SMILES string of the molecule is CCC(CC)(CN)NS(=O)(=O)c1ccc(C(=O)OC)c(C)c1. The number of benzene rings is 1. The number of ether oxygens (including phenoxy) is 1. The highest BCUT2D eigenvalue weighted by Crippen LogP contribution is 2.21. The predicted octanol–water partition coefficient (Wildman–Crippen LogP) is 1.58. The summed E-state index contributed by atoms with van der Waals surface area (Å²) in [6.07, 6.45) is 1.19. The van der Waals surface area contributed by atoms with E-state index in [0.717, 1.165) is 0 Å². The molecule has 1 rings (SSSR count). The van der Waals surface area contributed by atoms with Crippen molar-refractivity contribution in [2.45, 2.75) is 44.0 Å². The molecule has 0 bridgehead atoms. The van der Waals surface area contributed by atoms with Crippen LogP contribution in [-0.2, 0) is 14.8 Å². The first-order valence-corrected chi connectivity index (χ1v) is 8.66. The summed E-state index contributed by atoms with van der Waals surface area (Å²) in [4.78, 5) is 11.7. The van der Waals surface area contributed by atoms with E-state index in [0.29, 0.717) is 24.0 Å². The van der Waals surface area contributed by atoms with Crippen LogP contribution in [0.3, 0.4) is 0 Å². The Bertz CT molecular complexity index is 629. The van der Waals surface area contributed by atoms with Gasteiger partial charge in [0.15, 0.2) is 0 Å². The molecule has 0 spiro atoms. The summed E-state index contributed by atoms with van der Waals surface area (Å²) in [5.41, 5.74) is 5.97. The first-order chi connectivity index (χ1) is 10.2. The maximum atomic E-state index is 12.5. The summed E-state index contributed by atoms with van der Waals surface area (Å²) in [6.45, 7) is 5.68. The summed E-state index contributed by atoms with van der Waals surface area (Å²) in [5, 5.41) is 0. The molecule has 0 saturated carbocycles. The van der Waals surface area contributed by atoms with Crippen molar-refractivity contribution in [3.63, 3.8) is 0 Å². The maximum absolute atomic E-state index is 12.5. The van der Waals surface area contributed by atoms with E-state index < -0.39 is 21.5 Å². The Labute approximate surface area is 132 Å². The van der Waals surface area contributed by atoms with Crippen molar-refractivity contribution in [1.29, 1.82) is 0 Å². The van der Waals surface area contributed by atoms with Gasteiger partial charge in [-0.15, -0.1) is 0 Å². The molecule has 0 fully saturated rings. The van der Waals surface area contributed by atoms with E-state index in [2.05, 4.69) is 9.46 Å². The van der Waals surface area contributed by atoms with Gasteiger partial charge < -0.3 is 10.5 Å². The summed E-state index contributed by atoms with van der Waals surface area (Å²) >= 11 is 0. The molecule has 0 aliphatic rings. The topological polar surface area (TPSA) is 98.5 Å². The Morgan fingerprint density at radius 2 is 1.91 bits per heavy atom. The van der Waals surface area contributed by atoms with E-state index in [4.69, 9.17) is 5.73 Å². The fourth-order valence-corrected chi connectivity index (χ4v) is 3.85. The minimum Gasteiger partial charge on any atom is -0.465 e. The van der Waals surface area contributed by atoms with Crippen LogP contribution in [0.15, 0.2) is 23.1 Å². The van der Waals surface area contributed by atoms with Crippen molar-refractivity contribution in [1.82, 2.24) is 4.72 Å². The molecule has 1 aromatic rings. The van der Waals surface area contributed by atoms with Gasteiger partial charge in [0.05, 0.1) is 17.6 Å². The smallest absolute Gasteiger partial charge is 0.338 e. The molecule has 124 valence electrons. The molecule has 0 aromatic heterocycles. The highest BCUT2D eigenvalue weighted by atomic mass is 32.2. The Kier molecular flexibility index (Phi) is 6.10. The minimum absolute atomic E-state index is 0.109. The third-order valence-electron chi connectivity index (χ3n) is 4.01. The second kappa shape index (κ2) is 7.21. The number of hydrogen-bond acceptors (Lipinski definition) is 5. The predicted molar refractivity (Wildman–Crippen MR) is 85.2 cm³/mol. The summed E-state index contributed by atoms with van der Waals surface area (Å²) in [5.74, 6) is -0.493. The molecule has 0 saturated heterocycles. The van der Waals surface area contributed by atoms with Crippen molar-refractivity contribution in [2.24, 2.45) is 5.73 Å². The third-order valence-corrected chi connectivity index (χ3v) is 5.58. The number of carbonyl (C=O) groups excluding carboxylic acids is 1. The van der Waals surface area contributed by atoms with Crippen LogP contribution in [0, 0.1) is 6.92 Å². The van der Waals surface area contributed by atoms with Crippen LogP contribution in [0.2, 0.25) is 0 Å². The van der Waals surface area contributed by atoms with E-state index in [1.54, 1.807) is 6.92 Å². The number of nitrogens with one attached hydrogen (secondary N) is 1. The van der Waals surface area contributed by atoms with E-state index in [-0.39, 0.29) is 11.4 Å². The zero-order chi connectivity index (χ0) is 17.0. The van der Waals surface area contributed by atoms with Crippen LogP contribution >= 0.6 is 0 Å². The Balaban J connectivity index is 3.19. The van der Waals surface area contributed by atoms with Gasteiger partial charge in [0, 0.05) is 12.1 Å². The van der Waals surface area contributed by atoms with E-state index in [1.807, 2.05) is 13.8 Å². The Morgan fingerprint density at radius 3 is 2.32 bits per heavy atom. The number of esters is 1. The molecule has 1 aromatic carbocycles. The van der Waals surface area contributed by atoms with Gasteiger partial charge in [0.2, 0.25) is 10.0 Å². The molecule has 0 heterocycles. The van der Waals surface area contributed by atoms with Gasteiger partial charge in [-0.25, -0.2) is 17.9 Å². The van der Waals surface area contributed by atoms with Gasteiger partial charge in [-0.3, -0.25) is 0 Å². The first kappa shape index (κ1) is 18.6. The van der Waals surface area contributed by atoms with E-state index in [1.165, 1.54) is 25.3 Å². The molecule has 0 amide bonds. The largest absolute Gasteiger partial charge is 0.465 e. The van der Waals surface area contributed by atoms with Crippen LogP contribution in [0.25, 0.3) is 0 Å². The molecular formula is C15H24N2O4S. The van der Waals surface area contributed by atoms with Crippen molar-refractivity contribution in [3.8, 4) is 0 Å². The number of methoxy groups -OCH3 is 1. The molecule has 0 aliphatic carbocycles. The highest BCUT2D eigenvalue weighted by Gasteiger charge is 2.31. The molecule has 0 atom stereocenters. The second-order valence-electron chi connectivity index (χ2n) is 5.27. The number of sulfonamides is 1. The molecule has 3 N–H and O–H groups in total.